The number of hydrogen-bond donors (Lipinski definition) is 0. The van der Waals surface area contributed by atoms with Crippen molar-refractivity contribution in [3.05, 3.63) is 29.0 Å². The highest BCUT2D eigenvalue weighted by molar-refractivity contribution is 6.31. The van der Waals surface area contributed by atoms with Gasteiger partial charge in [0.05, 0.1) is 11.0 Å². The molecule has 0 saturated carbocycles. The average Bonchev–Trinajstić information content (AvgIpc) is 2.76. The van der Waals surface area contributed by atoms with E-state index >= 15 is 0 Å². The molecule has 0 aliphatic carbocycles. The number of rotatable bonds is 6. The van der Waals surface area contributed by atoms with Crippen molar-refractivity contribution in [2.75, 3.05) is 13.2 Å². The molecule has 1 aromatic carbocycles. The molecule has 20 heavy (non-hydrogen) atoms. The Bertz CT molecular complexity index is 575. The summed E-state index contributed by atoms with van der Waals surface area (Å²) >= 11 is 6.05. The lowest BCUT2D eigenvalue weighted by atomic mass is 10.3. The first-order valence-electron chi connectivity index (χ1n) is 6.99. The number of fused-ring (bicyclic) bond motifs is 1. The molecular formula is C15H21ClN2O2. The van der Waals surface area contributed by atoms with Gasteiger partial charge in [-0.2, -0.15) is 0 Å². The molecule has 1 heterocycles. The Labute approximate surface area is 124 Å². The van der Waals surface area contributed by atoms with E-state index in [1.54, 1.807) is 0 Å². The standard InChI is InChI=1S/C15H21ClN2O2/c1-5-19-15(20-6-2)14-17-12-9-11(16)7-8-13(12)18(14)10(3)4/h7-10,15H,5-6H2,1-4H3. The Morgan fingerprint density at radius 3 is 2.40 bits per heavy atom. The molecule has 0 saturated heterocycles. The van der Waals surface area contributed by atoms with Crippen LogP contribution < -0.4 is 0 Å². The van der Waals surface area contributed by atoms with Crippen molar-refractivity contribution in [1.29, 1.82) is 0 Å². The highest BCUT2D eigenvalue weighted by atomic mass is 35.5. The van der Waals surface area contributed by atoms with E-state index in [0.29, 0.717) is 18.2 Å². The zero-order chi connectivity index (χ0) is 14.7. The van der Waals surface area contributed by atoms with Gasteiger partial charge in [-0.3, -0.25) is 0 Å². The smallest absolute Gasteiger partial charge is 0.217 e. The molecule has 4 nitrogen and oxygen atoms in total. The Morgan fingerprint density at radius 2 is 1.85 bits per heavy atom. The van der Waals surface area contributed by atoms with Crippen LogP contribution in [0.3, 0.4) is 0 Å². The van der Waals surface area contributed by atoms with Gasteiger partial charge < -0.3 is 14.0 Å². The fourth-order valence-electron chi connectivity index (χ4n) is 2.30. The first kappa shape index (κ1) is 15.3. The monoisotopic (exact) mass is 296 g/mol. The lowest BCUT2D eigenvalue weighted by molar-refractivity contribution is -0.146. The lowest BCUT2D eigenvalue weighted by Crippen LogP contribution is -2.16. The van der Waals surface area contributed by atoms with Crippen molar-refractivity contribution in [3.63, 3.8) is 0 Å². The zero-order valence-corrected chi connectivity index (χ0v) is 13.1. The van der Waals surface area contributed by atoms with Crippen LogP contribution in [-0.4, -0.2) is 22.8 Å². The third kappa shape index (κ3) is 2.97. The van der Waals surface area contributed by atoms with Crippen molar-refractivity contribution in [2.24, 2.45) is 0 Å². The topological polar surface area (TPSA) is 36.3 Å². The van der Waals surface area contributed by atoms with E-state index in [2.05, 4.69) is 23.4 Å². The molecule has 0 radical (unpaired) electrons. The van der Waals surface area contributed by atoms with Crippen molar-refractivity contribution in [3.8, 4) is 0 Å². The van der Waals surface area contributed by atoms with E-state index in [-0.39, 0.29) is 6.04 Å². The highest BCUT2D eigenvalue weighted by Gasteiger charge is 2.22. The molecule has 0 amide bonds. The number of halogens is 1. The second-order valence-electron chi connectivity index (χ2n) is 4.81. The summed E-state index contributed by atoms with van der Waals surface area (Å²) in [5.41, 5.74) is 1.91. The van der Waals surface area contributed by atoms with Crippen LogP contribution in [-0.2, 0) is 9.47 Å². The number of imidazole rings is 1. The molecule has 1 aromatic heterocycles. The summed E-state index contributed by atoms with van der Waals surface area (Å²) in [5.74, 6) is 0.793. The summed E-state index contributed by atoms with van der Waals surface area (Å²) < 4.78 is 13.5. The summed E-state index contributed by atoms with van der Waals surface area (Å²) in [6.07, 6.45) is -0.446. The molecule has 0 unspecified atom stereocenters. The van der Waals surface area contributed by atoms with Gasteiger partial charge in [0, 0.05) is 24.3 Å². The van der Waals surface area contributed by atoms with Gasteiger partial charge in [-0.15, -0.1) is 0 Å². The second kappa shape index (κ2) is 6.57. The summed E-state index contributed by atoms with van der Waals surface area (Å²) in [6.45, 7) is 9.29. The Morgan fingerprint density at radius 1 is 1.20 bits per heavy atom. The summed E-state index contributed by atoms with van der Waals surface area (Å²) in [6, 6.07) is 6.00. The first-order chi connectivity index (χ1) is 9.58. The van der Waals surface area contributed by atoms with Crippen molar-refractivity contribution in [1.82, 2.24) is 9.55 Å². The van der Waals surface area contributed by atoms with E-state index in [9.17, 15) is 0 Å². The predicted octanol–water partition coefficient (Wildman–Crippen LogP) is 4.34. The number of ether oxygens (including phenoxy) is 2. The van der Waals surface area contributed by atoms with E-state index in [1.807, 2.05) is 32.0 Å². The van der Waals surface area contributed by atoms with Gasteiger partial charge in [0.2, 0.25) is 6.29 Å². The third-order valence-corrected chi connectivity index (χ3v) is 3.28. The maximum atomic E-state index is 6.05. The molecule has 0 bridgehead atoms. The molecule has 0 N–H and O–H groups in total. The van der Waals surface area contributed by atoms with Gasteiger partial charge >= 0.3 is 0 Å². The molecule has 2 rings (SSSR count). The minimum absolute atomic E-state index is 0.264. The van der Waals surface area contributed by atoms with Crippen LogP contribution in [0.1, 0.15) is 45.9 Å². The number of aromatic nitrogens is 2. The molecule has 110 valence electrons. The number of benzene rings is 1. The Balaban J connectivity index is 2.57. The van der Waals surface area contributed by atoms with Crippen LogP contribution in [0.25, 0.3) is 11.0 Å². The van der Waals surface area contributed by atoms with E-state index in [0.717, 1.165) is 16.9 Å². The predicted molar refractivity (Wildman–Crippen MR) is 81.1 cm³/mol. The van der Waals surface area contributed by atoms with Crippen molar-refractivity contribution < 1.29 is 9.47 Å². The maximum absolute atomic E-state index is 6.05. The zero-order valence-electron chi connectivity index (χ0n) is 12.4. The van der Waals surface area contributed by atoms with Crippen molar-refractivity contribution >= 4 is 22.6 Å². The van der Waals surface area contributed by atoms with Crippen LogP contribution in [0.2, 0.25) is 5.02 Å². The molecule has 5 heteroatoms. The van der Waals surface area contributed by atoms with E-state index in [4.69, 9.17) is 21.1 Å². The largest absolute Gasteiger partial charge is 0.346 e. The van der Waals surface area contributed by atoms with Crippen LogP contribution in [0, 0.1) is 0 Å². The van der Waals surface area contributed by atoms with Crippen LogP contribution in [0.4, 0.5) is 0 Å². The lowest BCUT2D eigenvalue weighted by Gasteiger charge is -2.20. The fraction of sp³-hybridized carbons (Fsp3) is 0.533. The van der Waals surface area contributed by atoms with Gasteiger partial charge in [0.25, 0.3) is 0 Å². The fourth-order valence-corrected chi connectivity index (χ4v) is 2.47. The molecule has 0 spiro atoms. The van der Waals surface area contributed by atoms with Crippen LogP contribution >= 0.6 is 11.6 Å². The summed E-state index contributed by atoms with van der Waals surface area (Å²) in [7, 11) is 0. The molecular weight excluding hydrogens is 276 g/mol. The third-order valence-electron chi connectivity index (χ3n) is 3.04. The second-order valence-corrected chi connectivity index (χ2v) is 5.25. The van der Waals surface area contributed by atoms with Crippen LogP contribution in [0.15, 0.2) is 18.2 Å². The number of nitrogens with zero attached hydrogens (tertiary/aromatic N) is 2. The average molecular weight is 297 g/mol. The first-order valence-corrected chi connectivity index (χ1v) is 7.36. The Hall–Kier alpha value is -1.10. The Kier molecular flexibility index (Phi) is 5.02. The van der Waals surface area contributed by atoms with E-state index in [1.165, 1.54) is 0 Å². The summed E-state index contributed by atoms with van der Waals surface area (Å²) in [4.78, 5) is 4.66. The SMILES string of the molecule is CCOC(OCC)c1nc2cc(Cl)ccc2n1C(C)C. The molecule has 2 aromatic rings. The quantitative estimate of drug-likeness (QED) is 0.744. The van der Waals surface area contributed by atoms with Gasteiger partial charge in [0.1, 0.15) is 0 Å². The number of hydrogen-bond acceptors (Lipinski definition) is 3. The van der Waals surface area contributed by atoms with Crippen LogP contribution in [0.5, 0.6) is 0 Å². The van der Waals surface area contributed by atoms with E-state index < -0.39 is 6.29 Å². The van der Waals surface area contributed by atoms with Gasteiger partial charge in [0.15, 0.2) is 5.82 Å². The summed E-state index contributed by atoms with van der Waals surface area (Å²) in [5, 5.41) is 0.682. The minimum atomic E-state index is -0.446. The van der Waals surface area contributed by atoms with Gasteiger partial charge in [-0.25, -0.2) is 4.98 Å². The molecule has 0 fully saturated rings. The normalized spacial score (nSPS) is 11.9. The minimum Gasteiger partial charge on any atom is -0.346 e. The van der Waals surface area contributed by atoms with Crippen molar-refractivity contribution in [2.45, 2.75) is 40.0 Å². The molecule has 0 atom stereocenters. The van der Waals surface area contributed by atoms with Gasteiger partial charge in [-0.1, -0.05) is 11.6 Å². The molecule has 0 aliphatic heterocycles. The highest BCUT2D eigenvalue weighted by Crippen LogP contribution is 2.29. The maximum Gasteiger partial charge on any atom is 0.217 e. The van der Waals surface area contributed by atoms with Gasteiger partial charge in [-0.05, 0) is 45.9 Å². The molecule has 0 aliphatic rings.